The lowest BCUT2D eigenvalue weighted by atomic mass is 10.0. The number of carbonyl (C=O) groups excluding carboxylic acids is 3. The van der Waals surface area contributed by atoms with Crippen LogP contribution in [0.5, 0.6) is 0 Å². The number of aliphatic hydroxyl groups is 1. The number of aliphatic hydroxyl groups excluding tert-OH is 1. The van der Waals surface area contributed by atoms with Gasteiger partial charge >= 0.3 is 5.97 Å². The Labute approximate surface area is 212 Å². The molecule has 36 heavy (non-hydrogen) atoms. The van der Waals surface area contributed by atoms with Crippen LogP contribution in [0.2, 0.25) is 0 Å². The Bertz CT molecular complexity index is 742. The van der Waals surface area contributed by atoms with Gasteiger partial charge in [0.2, 0.25) is 17.7 Å². The predicted molar refractivity (Wildman–Crippen MR) is 135 cm³/mol. The van der Waals surface area contributed by atoms with Crippen molar-refractivity contribution in [1.29, 1.82) is 0 Å². The zero-order valence-electron chi connectivity index (χ0n) is 21.4. The number of nitrogens with two attached hydrogens (primary N) is 4. The molecule has 0 aromatic heterocycles. The minimum absolute atomic E-state index is 0.0177. The first-order chi connectivity index (χ1) is 16.8. The van der Waals surface area contributed by atoms with Crippen LogP contribution in [0, 0.1) is 5.92 Å². The predicted octanol–water partition coefficient (Wildman–Crippen LogP) is -2.54. The van der Waals surface area contributed by atoms with Crippen molar-refractivity contribution in [3.63, 3.8) is 0 Å². The second-order valence-electron chi connectivity index (χ2n) is 9.16. The maximum atomic E-state index is 13.0. The smallest absolute Gasteiger partial charge is 0.326 e. The van der Waals surface area contributed by atoms with Gasteiger partial charge in [-0.3, -0.25) is 19.4 Å². The van der Waals surface area contributed by atoms with Crippen molar-refractivity contribution in [3.05, 3.63) is 0 Å². The van der Waals surface area contributed by atoms with Gasteiger partial charge in [0, 0.05) is 6.54 Å². The Morgan fingerprint density at radius 1 is 0.861 bits per heavy atom. The molecule has 14 heteroatoms. The summed E-state index contributed by atoms with van der Waals surface area (Å²) in [5, 5.41) is 26.9. The van der Waals surface area contributed by atoms with Crippen LogP contribution in [-0.2, 0) is 19.2 Å². The molecule has 0 spiro atoms. The topological polar surface area (TPSA) is 261 Å². The van der Waals surface area contributed by atoms with Gasteiger partial charge in [0.1, 0.15) is 18.1 Å². The van der Waals surface area contributed by atoms with Crippen molar-refractivity contribution in [2.75, 3.05) is 13.1 Å². The summed E-state index contributed by atoms with van der Waals surface area (Å²) in [6, 6.07) is -4.60. The van der Waals surface area contributed by atoms with Gasteiger partial charge in [-0.15, -0.1) is 0 Å². The molecular weight excluding hydrogens is 472 g/mol. The van der Waals surface area contributed by atoms with Gasteiger partial charge in [-0.1, -0.05) is 13.8 Å². The van der Waals surface area contributed by atoms with Gasteiger partial charge in [-0.05, 0) is 57.9 Å². The molecule has 208 valence electrons. The highest BCUT2D eigenvalue weighted by Gasteiger charge is 2.32. The number of hydrogen-bond donors (Lipinski definition) is 9. The van der Waals surface area contributed by atoms with Gasteiger partial charge in [0.15, 0.2) is 5.96 Å². The van der Waals surface area contributed by atoms with Crippen molar-refractivity contribution in [3.8, 4) is 0 Å². The van der Waals surface area contributed by atoms with Crippen LogP contribution in [0.3, 0.4) is 0 Å². The summed E-state index contributed by atoms with van der Waals surface area (Å²) in [6.45, 7) is 5.67. The fraction of sp³-hybridized carbons (Fsp3) is 0.773. The molecular formula is C22H44N8O6. The minimum atomic E-state index is -1.46. The molecule has 0 bridgehead atoms. The van der Waals surface area contributed by atoms with Crippen molar-refractivity contribution < 1.29 is 29.4 Å². The second-order valence-corrected chi connectivity index (χ2v) is 9.16. The van der Waals surface area contributed by atoms with Gasteiger partial charge in [-0.2, -0.15) is 0 Å². The van der Waals surface area contributed by atoms with E-state index < -0.39 is 54.0 Å². The summed E-state index contributed by atoms with van der Waals surface area (Å²) in [4.78, 5) is 53.6. The van der Waals surface area contributed by atoms with Crippen LogP contribution >= 0.6 is 0 Å². The van der Waals surface area contributed by atoms with E-state index in [-0.39, 0.29) is 37.7 Å². The highest BCUT2D eigenvalue weighted by atomic mass is 16.4. The molecule has 0 aliphatic carbocycles. The van der Waals surface area contributed by atoms with Gasteiger partial charge < -0.3 is 49.1 Å². The quantitative estimate of drug-likeness (QED) is 0.0523. The van der Waals surface area contributed by atoms with Crippen LogP contribution in [-0.4, -0.2) is 83.2 Å². The summed E-state index contributed by atoms with van der Waals surface area (Å²) in [5.41, 5.74) is 21.9. The van der Waals surface area contributed by atoms with Crippen molar-refractivity contribution in [2.24, 2.45) is 33.8 Å². The molecule has 0 aromatic rings. The zero-order valence-corrected chi connectivity index (χ0v) is 21.4. The Hall–Kier alpha value is -2.97. The maximum Gasteiger partial charge on any atom is 0.326 e. The number of carboxylic acids is 1. The van der Waals surface area contributed by atoms with Crippen LogP contribution in [0.1, 0.15) is 59.3 Å². The van der Waals surface area contributed by atoms with E-state index in [0.717, 1.165) is 0 Å². The number of aliphatic imine (C=N–C) groups is 1. The average molecular weight is 517 g/mol. The molecule has 5 atom stereocenters. The highest BCUT2D eigenvalue weighted by Crippen LogP contribution is 2.07. The summed E-state index contributed by atoms with van der Waals surface area (Å²) < 4.78 is 0. The largest absolute Gasteiger partial charge is 0.480 e. The molecule has 14 nitrogen and oxygen atoms in total. The first kappa shape index (κ1) is 33.0. The highest BCUT2D eigenvalue weighted by molar-refractivity contribution is 5.94. The fourth-order valence-electron chi connectivity index (χ4n) is 3.34. The monoisotopic (exact) mass is 516 g/mol. The number of hydrogen-bond acceptors (Lipinski definition) is 8. The number of carbonyl (C=O) groups is 4. The van der Waals surface area contributed by atoms with E-state index in [1.807, 2.05) is 13.8 Å². The fourth-order valence-corrected chi connectivity index (χ4v) is 3.34. The Morgan fingerprint density at radius 3 is 1.94 bits per heavy atom. The second kappa shape index (κ2) is 17.5. The Balaban J connectivity index is 5.38. The number of aliphatic carboxylic acids is 1. The van der Waals surface area contributed by atoms with E-state index in [1.165, 1.54) is 6.92 Å². The molecule has 0 aliphatic heterocycles. The number of nitrogens with zero attached hydrogens (tertiary/aromatic N) is 1. The minimum Gasteiger partial charge on any atom is -0.480 e. The number of guanidine groups is 1. The molecule has 3 amide bonds. The average Bonchev–Trinajstić information content (AvgIpc) is 2.77. The SMILES string of the molecule is CC(C)CC(N)C(=O)NC(CCCCN)C(=O)NC(C(=O)NC(CCCN=C(N)N)C(=O)O)C(C)O. The standard InChI is InChI=1S/C22H44N8O6/c1-12(2)11-14(24)18(32)28-15(7-4-5-9-23)19(33)30-17(13(3)31)20(34)29-16(21(35)36)8-6-10-27-22(25)26/h12-17,31H,4-11,23-24H2,1-3H3,(H,28,32)(H,29,34)(H,30,33)(H,35,36)(H4,25,26,27). The third-order valence-electron chi connectivity index (χ3n) is 5.26. The first-order valence-corrected chi connectivity index (χ1v) is 12.1. The van der Waals surface area contributed by atoms with E-state index >= 15 is 0 Å². The molecule has 0 rings (SSSR count). The number of carboxylic acid groups (broad SMARTS) is 1. The molecule has 0 saturated carbocycles. The lowest BCUT2D eigenvalue weighted by molar-refractivity contribution is -0.143. The van der Waals surface area contributed by atoms with Gasteiger partial charge in [0.25, 0.3) is 0 Å². The van der Waals surface area contributed by atoms with Crippen LogP contribution in [0.15, 0.2) is 4.99 Å². The molecule has 0 heterocycles. The summed E-state index contributed by atoms with van der Waals surface area (Å²) in [6.07, 6.45) is 0.723. The van der Waals surface area contributed by atoms with E-state index in [1.54, 1.807) is 0 Å². The molecule has 0 aliphatic rings. The molecule has 0 radical (unpaired) electrons. The van der Waals surface area contributed by atoms with Crippen molar-refractivity contribution >= 4 is 29.7 Å². The summed E-state index contributed by atoms with van der Waals surface area (Å²) >= 11 is 0. The van der Waals surface area contributed by atoms with Crippen LogP contribution in [0.25, 0.3) is 0 Å². The third kappa shape index (κ3) is 13.8. The molecule has 0 saturated heterocycles. The number of amides is 3. The lowest BCUT2D eigenvalue weighted by Gasteiger charge is -2.26. The Kier molecular flexibility index (Phi) is 16.0. The molecule has 5 unspecified atom stereocenters. The van der Waals surface area contributed by atoms with Gasteiger partial charge in [0.05, 0.1) is 12.1 Å². The number of unbranched alkanes of at least 4 members (excludes halogenated alkanes) is 1. The van der Waals surface area contributed by atoms with E-state index in [2.05, 4.69) is 20.9 Å². The zero-order chi connectivity index (χ0) is 27.8. The maximum absolute atomic E-state index is 13.0. The molecule has 0 aromatic carbocycles. The van der Waals surface area contributed by atoms with E-state index in [0.29, 0.717) is 25.8 Å². The normalized spacial score (nSPS) is 15.2. The van der Waals surface area contributed by atoms with E-state index in [9.17, 15) is 29.4 Å². The van der Waals surface area contributed by atoms with Crippen molar-refractivity contribution in [1.82, 2.24) is 16.0 Å². The molecule has 0 fully saturated rings. The summed E-state index contributed by atoms with van der Waals surface area (Å²) in [7, 11) is 0. The van der Waals surface area contributed by atoms with Gasteiger partial charge in [-0.25, -0.2) is 4.79 Å². The van der Waals surface area contributed by atoms with Crippen molar-refractivity contribution in [2.45, 2.75) is 89.6 Å². The number of nitrogens with one attached hydrogen (secondary N) is 3. The van der Waals surface area contributed by atoms with E-state index in [4.69, 9.17) is 22.9 Å². The third-order valence-corrected chi connectivity index (χ3v) is 5.26. The van der Waals surface area contributed by atoms with Crippen LogP contribution in [0.4, 0.5) is 0 Å². The molecule has 13 N–H and O–H groups in total. The number of rotatable bonds is 18. The summed E-state index contributed by atoms with van der Waals surface area (Å²) in [5.74, 6) is -3.38. The Morgan fingerprint density at radius 2 is 1.44 bits per heavy atom. The lowest BCUT2D eigenvalue weighted by Crippen LogP contribution is -2.59. The first-order valence-electron chi connectivity index (χ1n) is 12.1. The van der Waals surface area contributed by atoms with Crippen LogP contribution < -0.4 is 38.9 Å².